The predicted octanol–water partition coefficient (Wildman–Crippen LogP) is 4.75. The second-order valence-corrected chi connectivity index (χ2v) is 8.10. The van der Waals surface area contributed by atoms with Crippen LogP contribution in [0, 0.1) is 0 Å². The number of hydrogen-bond acceptors (Lipinski definition) is 4. The Kier molecular flexibility index (Phi) is 4.58. The number of hydrogen-bond donors (Lipinski definition) is 0. The Labute approximate surface area is 165 Å². The van der Waals surface area contributed by atoms with Gasteiger partial charge in [0.25, 0.3) is 0 Å². The second-order valence-electron chi connectivity index (χ2n) is 8.10. The minimum Gasteiger partial charge on any atom is -0.493 e. The number of Topliss-reactive ketones (excluding diaryl/α,β-unsaturated/α-hetero) is 1. The standard InChI is InChI=1S/C24H24O4/c1-24(2)10-11-28-21-14-19-17(13-20(21)24)8-9-18(22(19)25)12-15-4-6-16(7-5-15)23(26)27-3/h4-7,12-14H,8-11H2,1-3H3/b18-12+. The number of allylic oxidation sites excluding steroid dienone is 1. The number of fused-ring (bicyclic) bond motifs is 2. The fraction of sp³-hybridized carbons (Fsp3) is 0.333. The molecule has 0 radical (unpaired) electrons. The minimum atomic E-state index is -0.366. The van der Waals surface area contributed by atoms with Gasteiger partial charge < -0.3 is 9.47 Å². The van der Waals surface area contributed by atoms with Gasteiger partial charge in [-0.3, -0.25) is 4.79 Å². The molecule has 0 N–H and O–H groups in total. The first-order valence-electron chi connectivity index (χ1n) is 9.63. The van der Waals surface area contributed by atoms with Gasteiger partial charge in [-0.1, -0.05) is 32.0 Å². The van der Waals surface area contributed by atoms with Gasteiger partial charge in [0.2, 0.25) is 0 Å². The van der Waals surface area contributed by atoms with Gasteiger partial charge in [0.15, 0.2) is 5.78 Å². The monoisotopic (exact) mass is 376 g/mol. The molecule has 0 unspecified atom stereocenters. The molecule has 2 aliphatic rings. The van der Waals surface area contributed by atoms with Crippen molar-refractivity contribution < 1.29 is 19.1 Å². The molecule has 0 bridgehead atoms. The van der Waals surface area contributed by atoms with Crippen molar-refractivity contribution in [1.82, 2.24) is 0 Å². The number of aryl methyl sites for hydroxylation is 1. The van der Waals surface area contributed by atoms with E-state index in [2.05, 4.69) is 19.9 Å². The van der Waals surface area contributed by atoms with Crippen LogP contribution in [0.4, 0.5) is 0 Å². The lowest BCUT2D eigenvalue weighted by Gasteiger charge is -2.34. The lowest BCUT2D eigenvalue weighted by molar-refractivity contribution is 0.0600. The molecule has 0 spiro atoms. The molecule has 0 aromatic heterocycles. The van der Waals surface area contributed by atoms with Crippen LogP contribution in [0.1, 0.15) is 64.1 Å². The summed E-state index contributed by atoms with van der Waals surface area (Å²) in [7, 11) is 1.36. The van der Waals surface area contributed by atoms with E-state index in [1.807, 2.05) is 24.3 Å². The normalized spacial score (nSPS) is 18.8. The molecule has 28 heavy (non-hydrogen) atoms. The molecular weight excluding hydrogens is 352 g/mol. The van der Waals surface area contributed by atoms with Crippen molar-refractivity contribution in [3.05, 3.63) is 69.8 Å². The van der Waals surface area contributed by atoms with E-state index in [0.717, 1.165) is 40.9 Å². The van der Waals surface area contributed by atoms with Gasteiger partial charge in [0.1, 0.15) is 5.75 Å². The van der Waals surface area contributed by atoms with E-state index in [9.17, 15) is 9.59 Å². The Balaban J connectivity index is 1.65. The fourth-order valence-electron chi connectivity index (χ4n) is 3.97. The average molecular weight is 376 g/mol. The number of methoxy groups -OCH3 is 1. The van der Waals surface area contributed by atoms with Gasteiger partial charge in [-0.2, -0.15) is 0 Å². The first-order valence-corrected chi connectivity index (χ1v) is 9.63. The molecule has 1 aliphatic carbocycles. The summed E-state index contributed by atoms with van der Waals surface area (Å²) in [5, 5.41) is 0. The number of carbonyl (C=O) groups is 2. The maximum Gasteiger partial charge on any atom is 0.337 e. The highest BCUT2D eigenvalue weighted by molar-refractivity contribution is 6.13. The number of esters is 1. The molecule has 0 saturated heterocycles. The highest BCUT2D eigenvalue weighted by atomic mass is 16.5. The van der Waals surface area contributed by atoms with Crippen LogP contribution in [0.2, 0.25) is 0 Å². The Morgan fingerprint density at radius 3 is 2.61 bits per heavy atom. The number of ether oxygens (including phenoxy) is 2. The second kappa shape index (κ2) is 6.93. The van der Waals surface area contributed by atoms with E-state index in [4.69, 9.17) is 9.47 Å². The Morgan fingerprint density at radius 2 is 1.89 bits per heavy atom. The maximum absolute atomic E-state index is 13.1. The summed E-state index contributed by atoms with van der Waals surface area (Å²) in [6.45, 7) is 5.14. The lowest BCUT2D eigenvalue weighted by Crippen LogP contribution is -2.28. The van der Waals surface area contributed by atoms with Gasteiger partial charge in [0, 0.05) is 16.7 Å². The number of rotatable bonds is 2. The van der Waals surface area contributed by atoms with Crippen LogP contribution in [-0.4, -0.2) is 25.5 Å². The zero-order valence-corrected chi connectivity index (χ0v) is 16.5. The zero-order chi connectivity index (χ0) is 19.9. The third-order valence-corrected chi connectivity index (χ3v) is 5.79. The molecule has 0 saturated carbocycles. The molecule has 0 fully saturated rings. The highest BCUT2D eigenvalue weighted by Gasteiger charge is 2.32. The van der Waals surface area contributed by atoms with E-state index in [1.165, 1.54) is 12.7 Å². The van der Waals surface area contributed by atoms with Gasteiger partial charge in [-0.05, 0) is 60.1 Å². The summed E-state index contributed by atoms with van der Waals surface area (Å²) in [5.41, 5.74) is 5.32. The van der Waals surface area contributed by atoms with Crippen LogP contribution in [-0.2, 0) is 16.6 Å². The van der Waals surface area contributed by atoms with Crippen LogP contribution >= 0.6 is 0 Å². The number of ketones is 1. The van der Waals surface area contributed by atoms with E-state index in [0.29, 0.717) is 18.6 Å². The minimum absolute atomic E-state index is 0.0630. The van der Waals surface area contributed by atoms with E-state index >= 15 is 0 Å². The van der Waals surface area contributed by atoms with Gasteiger partial charge in [0.05, 0.1) is 19.3 Å². The highest BCUT2D eigenvalue weighted by Crippen LogP contribution is 2.41. The van der Waals surface area contributed by atoms with Gasteiger partial charge in [-0.15, -0.1) is 0 Å². The van der Waals surface area contributed by atoms with Crippen LogP contribution in [0.15, 0.2) is 42.0 Å². The summed E-state index contributed by atoms with van der Waals surface area (Å²) < 4.78 is 10.6. The van der Waals surface area contributed by atoms with Crippen molar-refractivity contribution in [2.24, 2.45) is 0 Å². The molecule has 0 atom stereocenters. The van der Waals surface area contributed by atoms with E-state index in [-0.39, 0.29) is 17.2 Å². The van der Waals surface area contributed by atoms with Crippen LogP contribution in [0.25, 0.3) is 6.08 Å². The van der Waals surface area contributed by atoms with Crippen LogP contribution in [0.5, 0.6) is 5.75 Å². The van der Waals surface area contributed by atoms with Crippen molar-refractivity contribution in [3.63, 3.8) is 0 Å². The molecule has 4 heteroatoms. The fourth-order valence-corrected chi connectivity index (χ4v) is 3.97. The van der Waals surface area contributed by atoms with Gasteiger partial charge >= 0.3 is 5.97 Å². The summed E-state index contributed by atoms with van der Waals surface area (Å²) in [6, 6.07) is 11.2. The number of benzene rings is 2. The Morgan fingerprint density at radius 1 is 1.14 bits per heavy atom. The predicted molar refractivity (Wildman–Crippen MR) is 108 cm³/mol. The molecular formula is C24H24O4. The smallest absolute Gasteiger partial charge is 0.337 e. The number of carbonyl (C=O) groups excluding carboxylic acids is 2. The van der Waals surface area contributed by atoms with Crippen molar-refractivity contribution in [2.75, 3.05) is 13.7 Å². The van der Waals surface area contributed by atoms with E-state index in [1.54, 1.807) is 12.1 Å². The molecule has 4 rings (SSSR count). The first-order chi connectivity index (χ1) is 13.4. The Hall–Kier alpha value is -2.88. The third-order valence-electron chi connectivity index (χ3n) is 5.79. The van der Waals surface area contributed by atoms with E-state index < -0.39 is 0 Å². The summed E-state index contributed by atoms with van der Waals surface area (Å²) in [4.78, 5) is 24.7. The average Bonchev–Trinajstić information content (AvgIpc) is 2.69. The molecule has 4 nitrogen and oxygen atoms in total. The summed E-state index contributed by atoms with van der Waals surface area (Å²) >= 11 is 0. The van der Waals surface area contributed by atoms with Crippen molar-refractivity contribution >= 4 is 17.8 Å². The molecule has 1 heterocycles. The summed E-state index contributed by atoms with van der Waals surface area (Å²) in [6.07, 6.45) is 4.46. The first kappa shape index (κ1) is 18.5. The van der Waals surface area contributed by atoms with Crippen LogP contribution in [0.3, 0.4) is 0 Å². The van der Waals surface area contributed by atoms with Crippen molar-refractivity contribution in [2.45, 2.75) is 38.5 Å². The largest absolute Gasteiger partial charge is 0.493 e. The molecule has 0 amide bonds. The van der Waals surface area contributed by atoms with Crippen molar-refractivity contribution in [1.29, 1.82) is 0 Å². The zero-order valence-electron chi connectivity index (χ0n) is 16.5. The molecule has 144 valence electrons. The molecule has 1 aliphatic heterocycles. The summed E-state index contributed by atoms with van der Waals surface area (Å²) in [5.74, 6) is 0.537. The quantitative estimate of drug-likeness (QED) is 0.561. The lowest BCUT2D eigenvalue weighted by atomic mass is 9.76. The SMILES string of the molecule is COC(=O)c1ccc(/C=C2\CCc3cc4c(cc3C2=O)OCCC4(C)C)cc1. The topological polar surface area (TPSA) is 52.6 Å². The van der Waals surface area contributed by atoms with Gasteiger partial charge in [-0.25, -0.2) is 4.79 Å². The third kappa shape index (κ3) is 3.24. The Bertz CT molecular complexity index is 980. The molecule has 2 aromatic rings. The maximum atomic E-state index is 13.1. The van der Waals surface area contributed by atoms with Crippen molar-refractivity contribution in [3.8, 4) is 5.75 Å². The van der Waals surface area contributed by atoms with Crippen LogP contribution < -0.4 is 4.74 Å². The molecule has 2 aromatic carbocycles.